The van der Waals surface area contributed by atoms with Gasteiger partial charge in [-0.3, -0.25) is 14.9 Å². The van der Waals surface area contributed by atoms with Crippen LogP contribution in [0.4, 0.5) is 11.5 Å². The molecule has 150 valence electrons. The Labute approximate surface area is 175 Å². The maximum absolute atomic E-state index is 12.5. The number of hydrogen-bond donors (Lipinski definition) is 1. The normalized spacial score (nSPS) is 10.7. The third-order valence-corrected chi connectivity index (χ3v) is 5.35. The van der Waals surface area contributed by atoms with Crippen molar-refractivity contribution in [3.05, 3.63) is 76.5 Å². The monoisotopic (exact) mass is 420 g/mol. The Morgan fingerprint density at radius 3 is 2.73 bits per heavy atom. The zero-order chi connectivity index (χ0) is 21.1. The molecule has 1 amide bonds. The van der Waals surface area contributed by atoms with Crippen LogP contribution in [0, 0.1) is 10.1 Å². The highest BCUT2D eigenvalue weighted by molar-refractivity contribution is 7.21. The van der Waals surface area contributed by atoms with Crippen LogP contribution in [0.2, 0.25) is 0 Å². The molecule has 0 fully saturated rings. The molecule has 0 bridgehead atoms. The molecular formula is C21H16N4O4S. The second kappa shape index (κ2) is 8.26. The summed E-state index contributed by atoms with van der Waals surface area (Å²) in [4.78, 5) is 32.0. The van der Waals surface area contributed by atoms with Crippen LogP contribution in [0.15, 0.2) is 60.8 Å². The first-order valence-electron chi connectivity index (χ1n) is 9.09. The van der Waals surface area contributed by atoms with Crippen molar-refractivity contribution in [1.29, 1.82) is 0 Å². The van der Waals surface area contributed by atoms with Crippen molar-refractivity contribution in [2.75, 3.05) is 11.9 Å². The van der Waals surface area contributed by atoms with Gasteiger partial charge in [0.1, 0.15) is 10.8 Å². The molecule has 0 atom stereocenters. The fraction of sp³-hybridized carbons (Fsp3) is 0.0952. The quantitative estimate of drug-likeness (QED) is 0.350. The summed E-state index contributed by atoms with van der Waals surface area (Å²) in [6.45, 7) is 2.02. The van der Waals surface area contributed by atoms with Crippen LogP contribution in [0.1, 0.15) is 17.3 Å². The molecule has 4 rings (SSSR count). The van der Waals surface area contributed by atoms with Crippen LogP contribution in [0.5, 0.6) is 5.75 Å². The summed E-state index contributed by atoms with van der Waals surface area (Å²) in [5.74, 6) is -0.0415. The van der Waals surface area contributed by atoms with Gasteiger partial charge < -0.3 is 10.1 Å². The van der Waals surface area contributed by atoms with Gasteiger partial charge in [-0.25, -0.2) is 9.97 Å². The first-order valence-corrected chi connectivity index (χ1v) is 9.91. The first kappa shape index (κ1) is 19.5. The molecule has 2 aromatic carbocycles. The highest BCUT2D eigenvalue weighted by Crippen LogP contribution is 2.30. The van der Waals surface area contributed by atoms with E-state index in [1.165, 1.54) is 18.2 Å². The van der Waals surface area contributed by atoms with Gasteiger partial charge in [-0.05, 0) is 43.3 Å². The van der Waals surface area contributed by atoms with Crippen LogP contribution < -0.4 is 10.1 Å². The summed E-state index contributed by atoms with van der Waals surface area (Å²) >= 11 is 1.56. The van der Waals surface area contributed by atoms with E-state index in [2.05, 4.69) is 15.3 Å². The number of anilines is 1. The summed E-state index contributed by atoms with van der Waals surface area (Å²) in [5, 5.41) is 14.7. The van der Waals surface area contributed by atoms with E-state index in [1.54, 1.807) is 30.5 Å². The van der Waals surface area contributed by atoms with E-state index in [9.17, 15) is 14.9 Å². The fourth-order valence-corrected chi connectivity index (χ4v) is 3.81. The summed E-state index contributed by atoms with van der Waals surface area (Å²) in [6, 6.07) is 15.4. The number of hydrogen-bond acceptors (Lipinski definition) is 7. The van der Waals surface area contributed by atoms with Gasteiger partial charge in [-0.2, -0.15) is 0 Å². The molecule has 1 N–H and O–H groups in total. The van der Waals surface area contributed by atoms with E-state index in [0.29, 0.717) is 5.82 Å². The van der Waals surface area contributed by atoms with Crippen LogP contribution in [0.3, 0.4) is 0 Å². The fourth-order valence-electron chi connectivity index (χ4n) is 2.86. The number of rotatable bonds is 6. The Bertz CT molecular complexity index is 1200. The molecule has 0 radical (unpaired) electrons. The van der Waals surface area contributed by atoms with Crippen LogP contribution in [-0.4, -0.2) is 27.4 Å². The van der Waals surface area contributed by atoms with Gasteiger partial charge in [0.2, 0.25) is 0 Å². The number of benzene rings is 2. The number of carbonyl (C=O) groups is 1. The van der Waals surface area contributed by atoms with Crippen molar-refractivity contribution in [1.82, 2.24) is 9.97 Å². The van der Waals surface area contributed by atoms with Crippen LogP contribution in [0.25, 0.3) is 20.8 Å². The molecule has 0 aliphatic heterocycles. The van der Waals surface area contributed by atoms with Crippen molar-refractivity contribution in [3.63, 3.8) is 0 Å². The van der Waals surface area contributed by atoms with Gasteiger partial charge in [0.25, 0.3) is 5.91 Å². The summed E-state index contributed by atoms with van der Waals surface area (Å²) in [7, 11) is 0. The van der Waals surface area contributed by atoms with Crippen molar-refractivity contribution < 1.29 is 14.5 Å². The lowest BCUT2D eigenvalue weighted by molar-refractivity contribution is -0.385. The highest BCUT2D eigenvalue weighted by Gasteiger charge is 2.19. The molecule has 2 aromatic heterocycles. The number of nitrogens with one attached hydrogen (secondary N) is 1. The third-order valence-electron chi connectivity index (χ3n) is 4.26. The number of amides is 1. The molecule has 30 heavy (non-hydrogen) atoms. The van der Waals surface area contributed by atoms with Gasteiger partial charge in [0.05, 0.1) is 21.7 Å². The highest BCUT2D eigenvalue weighted by atomic mass is 32.1. The topological polar surface area (TPSA) is 107 Å². The first-order chi connectivity index (χ1) is 14.5. The average Bonchev–Trinajstić information content (AvgIpc) is 3.19. The summed E-state index contributed by atoms with van der Waals surface area (Å²) in [5.41, 5.74) is 1.64. The van der Waals surface area contributed by atoms with Gasteiger partial charge in [0, 0.05) is 23.4 Å². The molecule has 0 saturated heterocycles. The van der Waals surface area contributed by atoms with Gasteiger partial charge in [-0.1, -0.05) is 12.1 Å². The van der Waals surface area contributed by atoms with E-state index >= 15 is 0 Å². The zero-order valence-electron chi connectivity index (χ0n) is 15.9. The van der Waals surface area contributed by atoms with E-state index in [4.69, 9.17) is 4.74 Å². The van der Waals surface area contributed by atoms with Gasteiger partial charge in [-0.15, -0.1) is 11.3 Å². The number of nitrogens with zero attached hydrogens (tertiary/aromatic N) is 3. The number of thiazole rings is 1. The van der Waals surface area contributed by atoms with E-state index in [-0.39, 0.29) is 23.6 Å². The number of nitro benzene ring substituents is 1. The van der Waals surface area contributed by atoms with Crippen molar-refractivity contribution in [3.8, 4) is 16.3 Å². The smallest absolute Gasteiger partial charge is 0.311 e. The number of carbonyl (C=O) groups excluding carboxylic acids is 1. The summed E-state index contributed by atoms with van der Waals surface area (Å²) in [6.07, 6.45) is 1.63. The Hall–Kier alpha value is -3.85. The number of fused-ring (bicyclic) bond motifs is 1. The Balaban J connectivity index is 1.52. The van der Waals surface area contributed by atoms with Crippen molar-refractivity contribution in [2.24, 2.45) is 0 Å². The number of ether oxygens (including phenoxy) is 1. The lowest BCUT2D eigenvalue weighted by Gasteiger charge is -2.07. The minimum Gasteiger partial charge on any atom is -0.487 e. The second-order valence-electron chi connectivity index (χ2n) is 6.25. The van der Waals surface area contributed by atoms with Crippen LogP contribution in [-0.2, 0) is 0 Å². The predicted molar refractivity (Wildman–Crippen MR) is 115 cm³/mol. The largest absolute Gasteiger partial charge is 0.487 e. The number of pyridine rings is 1. The van der Waals surface area contributed by atoms with E-state index < -0.39 is 10.8 Å². The summed E-state index contributed by atoms with van der Waals surface area (Å²) < 4.78 is 6.32. The molecule has 0 spiro atoms. The minimum atomic E-state index is -0.577. The molecule has 0 saturated carbocycles. The molecule has 8 nitrogen and oxygen atoms in total. The van der Waals surface area contributed by atoms with Gasteiger partial charge >= 0.3 is 5.69 Å². The SMILES string of the molecule is CCOc1ccc(C(=O)Nc2ccc(-c3nc4ccccc4s3)cn2)cc1[N+](=O)[O-]. The lowest BCUT2D eigenvalue weighted by Crippen LogP contribution is -2.13. The minimum absolute atomic E-state index is 0.123. The lowest BCUT2D eigenvalue weighted by atomic mass is 10.1. The molecule has 9 heteroatoms. The Morgan fingerprint density at radius 2 is 2.03 bits per heavy atom. The molecule has 0 unspecified atom stereocenters. The number of nitro groups is 1. The molecule has 0 aliphatic rings. The van der Waals surface area contributed by atoms with E-state index in [1.807, 2.05) is 30.3 Å². The maximum Gasteiger partial charge on any atom is 0.311 e. The molecule has 2 heterocycles. The zero-order valence-corrected chi connectivity index (χ0v) is 16.7. The number of para-hydroxylation sites is 1. The molecule has 0 aliphatic carbocycles. The van der Waals surface area contributed by atoms with Crippen molar-refractivity contribution >= 4 is 39.0 Å². The average molecular weight is 420 g/mol. The Kier molecular flexibility index (Phi) is 5.36. The number of aromatic nitrogens is 2. The maximum atomic E-state index is 12.5. The standard InChI is InChI=1S/C21H16N4O4S/c1-2-29-17-9-7-13(11-16(17)25(27)28)20(26)24-19-10-8-14(12-22-19)21-23-15-5-3-4-6-18(15)30-21/h3-12H,2H2,1H3,(H,22,24,26). The van der Waals surface area contributed by atoms with Crippen LogP contribution >= 0.6 is 11.3 Å². The molecule has 4 aromatic rings. The molecular weight excluding hydrogens is 404 g/mol. The predicted octanol–water partition coefficient (Wildman–Crippen LogP) is 4.92. The second-order valence-corrected chi connectivity index (χ2v) is 7.28. The van der Waals surface area contributed by atoms with Gasteiger partial charge in [0.15, 0.2) is 5.75 Å². The van der Waals surface area contributed by atoms with E-state index in [0.717, 1.165) is 20.8 Å². The van der Waals surface area contributed by atoms with Crippen molar-refractivity contribution in [2.45, 2.75) is 6.92 Å². The third kappa shape index (κ3) is 3.96. The Morgan fingerprint density at radius 1 is 1.20 bits per heavy atom.